The van der Waals surface area contributed by atoms with Gasteiger partial charge in [-0.2, -0.15) is 0 Å². The van der Waals surface area contributed by atoms with Gasteiger partial charge in [-0.25, -0.2) is 0 Å². The number of rotatable bonds is 73. The molecule has 0 saturated heterocycles. The van der Waals surface area contributed by atoms with Crippen LogP contribution in [0, 0.1) is 0 Å². The van der Waals surface area contributed by atoms with Crippen molar-refractivity contribution in [3.63, 3.8) is 0 Å². The highest BCUT2D eigenvalue weighted by Gasteiger charge is 2.20. The van der Waals surface area contributed by atoms with E-state index in [4.69, 9.17) is 4.74 Å². The predicted molar refractivity (Wildman–Crippen MR) is 366 cm³/mol. The van der Waals surface area contributed by atoms with Crippen molar-refractivity contribution in [1.29, 1.82) is 0 Å². The molecule has 3 N–H and O–H groups in total. The number of amides is 1. The smallest absolute Gasteiger partial charge is 0.305 e. The lowest BCUT2D eigenvalue weighted by Crippen LogP contribution is -2.45. The lowest BCUT2D eigenvalue weighted by molar-refractivity contribution is -0.143. The van der Waals surface area contributed by atoms with E-state index in [0.717, 1.165) is 44.9 Å². The van der Waals surface area contributed by atoms with Gasteiger partial charge >= 0.3 is 5.97 Å². The van der Waals surface area contributed by atoms with Crippen molar-refractivity contribution >= 4 is 11.9 Å². The van der Waals surface area contributed by atoms with Crippen molar-refractivity contribution in [2.24, 2.45) is 0 Å². The van der Waals surface area contributed by atoms with Crippen molar-refractivity contribution < 1.29 is 24.5 Å². The van der Waals surface area contributed by atoms with Crippen LogP contribution in [0.3, 0.4) is 0 Å². The van der Waals surface area contributed by atoms with Gasteiger partial charge in [0.05, 0.1) is 25.4 Å². The first-order valence-corrected chi connectivity index (χ1v) is 38.4. The Hall–Kier alpha value is -1.40. The molecule has 83 heavy (non-hydrogen) atoms. The zero-order valence-electron chi connectivity index (χ0n) is 56.7. The molecular formula is C77H151NO5. The van der Waals surface area contributed by atoms with Gasteiger partial charge in [0.15, 0.2) is 0 Å². The van der Waals surface area contributed by atoms with E-state index in [1.54, 1.807) is 0 Å². The summed E-state index contributed by atoms with van der Waals surface area (Å²) >= 11 is 0. The number of esters is 1. The first kappa shape index (κ1) is 81.6. The SMILES string of the molecule is CCCCCCCC/C=C\CCCCCCCC(=O)OCCCCCCCCCCCCCCCCCCCCCCCCCCCCCCCCCCCCCC(=O)NC(CO)C(O)CCCCCCCCCCCCCCCCCC. The standard InChI is InChI=1S/C77H151NO5/c1-3-5-7-9-11-13-15-17-19-42-45-49-53-57-61-65-69-75(80)74(73-79)78-76(81)70-66-62-58-54-50-46-43-39-37-35-33-31-29-27-25-23-21-20-22-24-26-28-30-32-34-36-38-40-44-48-52-56-60-64-68-72-83-77(82)71-67-63-59-55-51-47-41-18-16-14-12-10-8-6-4-2/h18,41,74-75,79-80H,3-17,19-40,42-73H2,1-2H3,(H,78,81)/b41-18-. The zero-order chi connectivity index (χ0) is 59.9. The van der Waals surface area contributed by atoms with Crippen LogP contribution in [0.4, 0.5) is 0 Å². The molecule has 1 amide bonds. The summed E-state index contributed by atoms with van der Waals surface area (Å²) in [7, 11) is 0. The van der Waals surface area contributed by atoms with Crippen molar-refractivity contribution in [3.8, 4) is 0 Å². The molecule has 0 saturated carbocycles. The molecule has 2 atom stereocenters. The topological polar surface area (TPSA) is 95.9 Å². The van der Waals surface area contributed by atoms with Gasteiger partial charge in [-0.1, -0.05) is 392 Å². The van der Waals surface area contributed by atoms with E-state index >= 15 is 0 Å². The van der Waals surface area contributed by atoms with E-state index in [1.807, 2.05) is 0 Å². The summed E-state index contributed by atoms with van der Waals surface area (Å²) in [6.07, 6.45) is 91.6. The third kappa shape index (κ3) is 69.6. The van der Waals surface area contributed by atoms with E-state index in [0.29, 0.717) is 25.9 Å². The fourth-order valence-corrected chi connectivity index (χ4v) is 12.5. The third-order valence-corrected chi connectivity index (χ3v) is 18.3. The summed E-state index contributed by atoms with van der Waals surface area (Å²) in [5, 5.41) is 23.4. The fourth-order valence-electron chi connectivity index (χ4n) is 12.5. The number of nitrogens with one attached hydrogen (secondary N) is 1. The molecule has 0 aromatic rings. The maximum Gasteiger partial charge on any atom is 0.305 e. The molecular weight excluding hydrogens is 1020 g/mol. The van der Waals surface area contributed by atoms with Crippen LogP contribution in [-0.2, 0) is 14.3 Å². The Kier molecular flexibility index (Phi) is 71.8. The minimum atomic E-state index is -0.660. The van der Waals surface area contributed by atoms with Gasteiger partial charge < -0.3 is 20.3 Å². The minimum absolute atomic E-state index is 0.0157. The van der Waals surface area contributed by atoms with Gasteiger partial charge in [-0.3, -0.25) is 9.59 Å². The lowest BCUT2D eigenvalue weighted by Gasteiger charge is -2.22. The van der Waals surface area contributed by atoms with Gasteiger partial charge in [0.25, 0.3) is 0 Å². The number of hydrogen-bond donors (Lipinski definition) is 3. The Balaban J connectivity index is 3.30. The highest BCUT2D eigenvalue weighted by Crippen LogP contribution is 2.20. The summed E-state index contributed by atoms with van der Waals surface area (Å²) in [5.74, 6) is -0.00984. The average molecular weight is 1170 g/mol. The van der Waals surface area contributed by atoms with Crippen molar-refractivity contribution in [2.75, 3.05) is 13.2 Å². The number of unbranched alkanes of at least 4 members (excludes halogenated alkanes) is 60. The predicted octanol–water partition coefficient (Wildman–Crippen LogP) is 25.1. The second-order valence-electron chi connectivity index (χ2n) is 26.7. The van der Waals surface area contributed by atoms with Crippen LogP contribution in [0.15, 0.2) is 12.2 Å². The number of aliphatic hydroxyl groups is 2. The molecule has 0 aliphatic heterocycles. The molecule has 0 radical (unpaired) electrons. The summed E-state index contributed by atoms with van der Waals surface area (Å²) in [6.45, 7) is 4.99. The van der Waals surface area contributed by atoms with Crippen molar-refractivity contribution in [3.05, 3.63) is 12.2 Å². The van der Waals surface area contributed by atoms with Crippen LogP contribution < -0.4 is 5.32 Å². The summed E-state index contributed by atoms with van der Waals surface area (Å²) in [6, 6.07) is -0.537. The number of ether oxygens (including phenoxy) is 1. The molecule has 0 fully saturated rings. The van der Waals surface area contributed by atoms with Gasteiger partial charge in [-0.15, -0.1) is 0 Å². The van der Waals surface area contributed by atoms with Crippen LogP contribution in [0.1, 0.15) is 444 Å². The first-order chi connectivity index (χ1) is 41.0. The van der Waals surface area contributed by atoms with Crippen LogP contribution in [0.5, 0.6) is 0 Å². The maximum atomic E-state index is 12.5. The molecule has 6 heteroatoms. The molecule has 0 aliphatic rings. The second-order valence-corrected chi connectivity index (χ2v) is 26.7. The van der Waals surface area contributed by atoms with Gasteiger partial charge in [0, 0.05) is 12.8 Å². The molecule has 494 valence electrons. The molecule has 0 heterocycles. The van der Waals surface area contributed by atoms with Crippen molar-refractivity contribution in [2.45, 2.75) is 456 Å². The van der Waals surface area contributed by atoms with Gasteiger partial charge in [-0.05, 0) is 51.4 Å². The maximum absolute atomic E-state index is 12.5. The lowest BCUT2D eigenvalue weighted by atomic mass is 10.0. The molecule has 0 aromatic heterocycles. The van der Waals surface area contributed by atoms with E-state index < -0.39 is 12.1 Å². The molecule has 0 bridgehead atoms. The van der Waals surface area contributed by atoms with Crippen LogP contribution in [-0.4, -0.2) is 47.4 Å². The van der Waals surface area contributed by atoms with E-state index in [1.165, 1.54) is 366 Å². The Bertz CT molecular complexity index is 1260. The minimum Gasteiger partial charge on any atom is -0.466 e. The molecule has 0 spiro atoms. The molecule has 2 unspecified atom stereocenters. The largest absolute Gasteiger partial charge is 0.466 e. The number of carbonyl (C=O) groups excluding carboxylic acids is 2. The Morgan fingerprint density at radius 1 is 0.325 bits per heavy atom. The first-order valence-electron chi connectivity index (χ1n) is 38.4. The number of carbonyl (C=O) groups is 2. The quantitative estimate of drug-likeness (QED) is 0.0320. The van der Waals surface area contributed by atoms with Crippen LogP contribution in [0.2, 0.25) is 0 Å². The average Bonchev–Trinajstić information content (AvgIpc) is 3.49. The molecule has 0 aliphatic carbocycles. The van der Waals surface area contributed by atoms with Crippen LogP contribution in [0.25, 0.3) is 0 Å². The zero-order valence-corrected chi connectivity index (χ0v) is 56.7. The normalized spacial score (nSPS) is 12.5. The van der Waals surface area contributed by atoms with Crippen LogP contribution >= 0.6 is 0 Å². The number of aliphatic hydroxyl groups excluding tert-OH is 2. The Morgan fingerprint density at radius 2 is 0.566 bits per heavy atom. The Morgan fingerprint density at radius 3 is 0.855 bits per heavy atom. The summed E-state index contributed by atoms with van der Waals surface area (Å²) < 4.78 is 5.50. The van der Waals surface area contributed by atoms with Crippen molar-refractivity contribution in [1.82, 2.24) is 5.32 Å². The monoisotopic (exact) mass is 1170 g/mol. The third-order valence-electron chi connectivity index (χ3n) is 18.3. The summed E-state index contributed by atoms with van der Waals surface area (Å²) in [5.41, 5.74) is 0. The molecule has 0 rings (SSSR count). The number of hydrogen-bond acceptors (Lipinski definition) is 5. The highest BCUT2D eigenvalue weighted by atomic mass is 16.5. The van der Waals surface area contributed by atoms with Gasteiger partial charge in [0.1, 0.15) is 0 Å². The highest BCUT2D eigenvalue weighted by molar-refractivity contribution is 5.76. The van der Waals surface area contributed by atoms with Gasteiger partial charge in [0.2, 0.25) is 5.91 Å². The summed E-state index contributed by atoms with van der Waals surface area (Å²) in [4.78, 5) is 24.6. The van der Waals surface area contributed by atoms with E-state index in [-0.39, 0.29) is 18.5 Å². The fraction of sp³-hybridized carbons (Fsp3) is 0.948. The molecule has 0 aromatic carbocycles. The van der Waals surface area contributed by atoms with E-state index in [9.17, 15) is 19.8 Å². The van der Waals surface area contributed by atoms with E-state index in [2.05, 4.69) is 31.3 Å². The number of allylic oxidation sites excluding steroid dienone is 2. The Labute approximate surface area is 520 Å². The second kappa shape index (κ2) is 73.1. The molecule has 6 nitrogen and oxygen atoms in total.